The van der Waals surface area contributed by atoms with Crippen molar-refractivity contribution in [3.05, 3.63) is 35.4 Å². The Bertz CT molecular complexity index is 371. The molecule has 112 valence electrons. The van der Waals surface area contributed by atoms with Gasteiger partial charge in [-0.1, -0.05) is 45.0 Å². The third kappa shape index (κ3) is 4.63. The van der Waals surface area contributed by atoms with E-state index in [1.165, 1.54) is 62.9 Å². The average Bonchev–Trinajstić information content (AvgIpc) is 2.47. The van der Waals surface area contributed by atoms with E-state index in [2.05, 4.69) is 49.9 Å². The third-order valence-corrected chi connectivity index (χ3v) is 4.73. The van der Waals surface area contributed by atoms with Crippen LogP contribution in [0.4, 0.5) is 0 Å². The molecule has 0 aliphatic carbocycles. The summed E-state index contributed by atoms with van der Waals surface area (Å²) in [5.74, 6) is 1.60. The van der Waals surface area contributed by atoms with Crippen LogP contribution < -0.4 is 0 Å². The molecule has 0 atom stereocenters. The molecule has 1 saturated heterocycles. The first-order valence-electron chi connectivity index (χ1n) is 8.50. The summed E-state index contributed by atoms with van der Waals surface area (Å²) >= 11 is 0. The van der Waals surface area contributed by atoms with Crippen molar-refractivity contribution in [2.75, 3.05) is 19.6 Å². The van der Waals surface area contributed by atoms with Gasteiger partial charge in [0.25, 0.3) is 0 Å². The molecule has 1 heterocycles. The third-order valence-electron chi connectivity index (χ3n) is 4.73. The van der Waals surface area contributed by atoms with Crippen molar-refractivity contribution in [3.8, 4) is 0 Å². The van der Waals surface area contributed by atoms with Crippen LogP contribution in [0, 0.1) is 5.92 Å². The quantitative estimate of drug-likeness (QED) is 0.715. The van der Waals surface area contributed by atoms with Crippen LogP contribution in [0.3, 0.4) is 0 Å². The monoisotopic (exact) mass is 273 g/mol. The van der Waals surface area contributed by atoms with Gasteiger partial charge < -0.3 is 4.90 Å². The second kappa shape index (κ2) is 7.83. The zero-order chi connectivity index (χ0) is 14.4. The molecular weight excluding hydrogens is 242 g/mol. The zero-order valence-electron chi connectivity index (χ0n) is 13.6. The van der Waals surface area contributed by atoms with E-state index in [9.17, 15) is 0 Å². The topological polar surface area (TPSA) is 3.24 Å². The Morgan fingerprint density at radius 2 is 1.75 bits per heavy atom. The van der Waals surface area contributed by atoms with E-state index in [1.807, 2.05) is 0 Å². The fourth-order valence-corrected chi connectivity index (χ4v) is 3.25. The summed E-state index contributed by atoms with van der Waals surface area (Å²) in [4.78, 5) is 2.63. The Kier molecular flexibility index (Phi) is 6.09. The van der Waals surface area contributed by atoms with Crippen LogP contribution in [0.2, 0.25) is 0 Å². The van der Waals surface area contributed by atoms with Crippen molar-refractivity contribution in [1.29, 1.82) is 0 Å². The van der Waals surface area contributed by atoms with Crippen molar-refractivity contribution < 1.29 is 0 Å². The standard InChI is InChI=1S/C19H31N/c1-4-13-20-14-11-18(12-15-20)6-5-17-7-9-19(10-8-17)16(2)3/h7-10,16,18H,4-6,11-15H2,1-3H3. The van der Waals surface area contributed by atoms with Gasteiger partial charge in [-0.2, -0.15) is 0 Å². The maximum absolute atomic E-state index is 2.63. The molecule has 1 nitrogen and oxygen atoms in total. The largest absolute Gasteiger partial charge is 0.303 e. The average molecular weight is 273 g/mol. The van der Waals surface area contributed by atoms with Gasteiger partial charge in [0, 0.05) is 0 Å². The molecule has 1 aliphatic heterocycles. The molecule has 1 aromatic rings. The number of hydrogen-bond donors (Lipinski definition) is 0. The Labute approximate surface area is 125 Å². The fourth-order valence-electron chi connectivity index (χ4n) is 3.25. The first kappa shape index (κ1) is 15.6. The molecule has 0 bridgehead atoms. The Morgan fingerprint density at radius 3 is 2.30 bits per heavy atom. The van der Waals surface area contributed by atoms with Crippen molar-refractivity contribution >= 4 is 0 Å². The molecule has 0 N–H and O–H groups in total. The summed E-state index contributed by atoms with van der Waals surface area (Å²) in [5, 5.41) is 0. The molecule has 1 fully saturated rings. The van der Waals surface area contributed by atoms with Crippen molar-refractivity contribution in [3.63, 3.8) is 0 Å². The van der Waals surface area contributed by atoms with Gasteiger partial charge in [-0.3, -0.25) is 0 Å². The molecule has 2 rings (SSSR count). The molecule has 0 saturated carbocycles. The molecule has 0 amide bonds. The highest BCUT2D eigenvalue weighted by atomic mass is 15.1. The first-order valence-corrected chi connectivity index (χ1v) is 8.50. The summed E-state index contributed by atoms with van der Waals surface area (Å²) < 4.78 is 0. The van der Waals surface area contributed by atoms with Gasteiger partial charge in [-0.25, -0.2) is 0 Å². The molecule has 0 radical (unpaired) electrons. The fraction of sp³-hybridized carbons (Fsp3) is 0.684. The number of rotatable bonds is 6. The summed E-state index contributed by atoms with van der Waals surface area (Å²) in [6.45, 7) is 10.8. The van der Waals surface area contributed by atoms with E-state index in [-0.39, 0.29) is 0 Å². The van der Waals surface area contributed by atoms with Gasteiger partial charge in [0.2, 0.25) is 0 Å². The lowest BCUT2D eigenvalue weighted by Gasteiger charge is -2.31. The lowest BCUT2D eigenvalue weighted by molar-refractivity contribution is 0.179. The normalized spacial score (nSPS) is 17.8. The molecule has 0 aromatic heterocycles. The van der Waals surface area contributed by atoms with Crippen molar-refractivity contribution in [2.24, 2.45) is 5.92 Å². The van der Waals surface area contributed by atoms with E-state index in [0.29, 0.717) is 5.92 Å². The Morgan fingerprint density at radius 1 is 1.10 bits per heavy atom. The van der Waals surface area contributed by atoms with Crippen LogP contribution in [0.1, 0.15) is 63.5 Å². The van der Waals surface area contributed by atoms with E-state index in [4.69, 9.17) is 0 Å². The number of piperidine rings is 1. The summed E-state index contributed by atoms with van der Waals surface area (Å²) in [7, 11) is 0. The van der Waals surface area contributed by atoms with Crippen molar-refractivity contribution in [1.82, 2.24) is 4.90 Å². The minimum absolute atomic E-state index is 0.645. The van der Waals surface area contributed by atoms with Gasteiger partial charge in [0.1, 0.15) is 0 Å². The van der Waals surface area contributed by atoms with Crippen molar-refractivity contribution in [2.45, 2.75) is 58.8 Å². The van der Waals surface area contributed by atoms with Gasteiger partial charge in [-0.15, -0.1) is 0 Å². The van der Waals surface area contributed by atoms with Crippen LogP contribution in [-0.2, 0) is 6.42 Å². The molecule has 0 spiro atoms. The minimum Gasteiger partial charge on any atom is -0.303 e. The van der Waals surface area contributed by atoms with E-state index >= 15 is 0 Å². The van der Waals surface area contributed by atoms with Crippen LogP contribution in [-0.4, -0.2) is 24.5 Å². The maximum Gasteiger partial charge on any atom is -0.00161 e. The van der Waals surface area contributed by atoms with Crippen LogP contribution in [0.5, 0.6) is 0 Å². The predicted octanol–water partition coefficient (Wildman–Crippen LogP) is 4.86. The first-order chi connectivity index (χ1) is 9.69. The second-order valence-electron chi connectivity index (χ2n) is 6.72. The number of aryl methyl sites for hydroxylation is 1. The highest BCUT2D eigenvalue weighted by molar-refractivity contribution is 5.24. The van der Waals surface area contributed by atoms with E-state index in [1.54, 1.807) is 0 Å². The summed E-state index contributed by atoms with van der Waals surface area (Å²) in [6, 6.07) is 9.29. The van der Waals surface area contributed by atoms with Gasteiger partial charge in [0.15, 0.2) is 0 Å². The SMILES string of the molecule is CCCN1CCC(CCc2ccc(C(C)C)cc2)CC1. The van der Waals surface area contributed by atoms with Crippen LogP contribution >= 0.6 is 0 Å². The highest BCUT2D eigenvalue weighted by Crippen LogP contribution is 2.23. The molecule has 1 aromatic carbocycles. The number of nitrogens with zero attached hydrogens (tertiary/aromatic N) is 1. The van der Waals surface area contributed by atoms with Gasteiger partial charge in [-0.05, 0) is 74.7 Å². The minimum atomic E-state index is 0.645. The lowest BCUT2D eigenvalue weighted by Crippen LogP contribution is -2.34. The van der Waals surface area contributed by atoms with Crippen LogP contribution in [0.25, 0.3) is 0 Å². The second-order valence-corrected chi connectivity index (χ2v) is 6.72. The van der Waals surface area contributed by atoms with E-state index in [0.717, 1.165) is 5.92 Å². The van der Waals surface area contributed by atoms with E-state index < -0.39 is 0 Å². The maximum atomic E-state index is 2.63. The lowest BCUT2D eigenvalue weighted by atomic mass is 9.90. The van der Waals surface area contributed by atoms with Gasteiger partial charge >= 0.3 is 0 Å². The Balaban J connectivity index is 1.73. The predicted molar refractivity (Wildman–Crippen MR) is 88.3 cm³/mol. The zero-order valence-corrected chi connectivity index (χ0v) is 13.6. The molecule has 20 heavy (non-hydrogen) atoms. The highest BCUT2D eigenvalue weighted by Gasteiger charge is 2.18. The summed E-state index contributed by atoms with van der Waals surface area (Å²) in [6.07, 6.45) is 6.75. The number of hydrogen-bond acceptors (Lipinski definition) is 1. The number of benzene rings is 1. The number of likely N-dealkylation sites (tertiary alicyclic amines) is 1. The Hall–Kier alpha value is -0.820. The molecule has 1 heteroatoms. The van der Waals surface area contributed by atoms with Crippen LogP contribution in [0.15, 0.2) is 24.3 Å². The van der Waals surface area contributed by atoms with Gasteiger partial charge in [0.05, 0.1) is 0 Å². The molecular formula is C19H31N. The summed E-state index contributed by atoms with van der Waals surface area (Å²) in [5.41, 5.74) is 2.98. The smallest absolute Gasteiger partial charge is 0.00161 e. The molecule has 0 unspecified atom stereocenters. The molecule has 1 aliphatic rings.